The van der Waals surface area contributed by atoms with Crippen LogP contribution in [0.1, 0.15) is 26.3 Å². The Morgan fingerprint density at radius 2 is 1.43 bits per heavy atom. The van der Waals surface area contributed by atoms with Crippen LogP contribution in [0, 0.1) is 0 Å². The fourth-order valence-corrected chi connectivity index (χ4v) is 1.52. The van der Waals surface area contributed by atoms with E-state index in [1.54, 1.807) is 0 Å². The second kappa shape index (κ2) is 7.28. The van der Waals surface area contributed by atoms with Gasteiger partial charge in [0.1, 0.15) is 12.4 Å². The maximum atomic E-state index is 11.1. The lowest BCUT2D eigenvalue weighted by molar-refractivity contribution is -0.142. The van der Waals surface area contributed by atoms with Crippen molar-refractivity contribution >= 4 is 17.9 Å². The fourth-order valence-electron chi connectivity index (χ4n) is 1.52. The Kier molecular flexibility index (Phi) is 5.71. The van der Waals surface area contributed by atoms with Crippen LogP contribution in [0.2, 0.25) is 0 Å². The first-order chi connectivity index (χ1) is 9.83. The third kappa shape index (κ3) is 5.13. The van der Waals surface area contributed by atoms with E-state index in [0.29, 0.717) is 5.56 Å². The Hall–Kier alpha value is -2.57. The van der Waals surface area contributed by atoms with Gasteiger partial charge in [-0.2, -0.15) is 0 Å². The Morgan fingerprint density at radius 1 is 0.857 bits per heavy atom. The van der Waals surface area contributed by atoms with Gasteiger partial charge in [-0.15, -0.1) is 0 Å². The zero-order chi connectivity index (χ0) is 16.0. The molecule has 0 bridgehead atoms. The maximum Gasteiger partial charge on any atom is 0.308 e. The lowest BCUT2D eigenvalue weighted by Crippen LogP contribution is -2.09. The van der Waals surface area contributed by atoms with Gasteiger partial charge in [-0.25, -0.2) is 0 Å². The molecule has 0 aromatic heterocycles. The van der Waals surface area contributed by atoms with Crippen molar-refractivity contribution in [3.05, 3.63) is 17.7 Å². The van der Waals surface area contributed by atoms with Crippen LogP contribution in [0.4, 0.5) is 0 Å². The maximum absolute atomic E-state index is 11.1. The summed E-state index contributed by atoms with van der Waals surface area (Å²) in [5.41, 5.74) is 0.373. The number of carbonyl (C=O) groups excluding carboxylic acids is 3. The van der Waals surface area contributed by atoms with Gasteiger partial charge in [0.25, 0.3) is 0 Å². The van der Waals surface area contributed by atoms with E-state index < -0.39 is 17.9 Å². The Labute approximate surface area is 121 Å². The summed E-state index contributed by atoms with van der Waals surface area (Å²) in [5, 5.41) is 0. The molecule has 0 radical (unpaired) electrons. The van der Waals surface area contributed by atoms with Gasteiger partial charge in [0.2, 0.25) is 0 Å². The molecule has 1 aromatic rings. The first-order valence-electron chi connectivity index (χ1n) is 6.04. The van der Waals surface area contributed by atoms with Gasteiger partial charge < -0.3 is 18.9 Å². The molecule has 0 spiro atoms. The van der Waals surface area contributed by atoms with E-state index in [4.69, 9.17) is 18.9 Å². The van der Waals surface area contributed by atoms with Gasteiger partial charge in [0.05, 0.1) is 7.11 Å². The van der Waals surface area contributed by atoms with E-state index in [1.807, 2.05) is 0 Å². The minimum Gasteiger partial charge on any atom is -0.493 e. The minimum absolute atomic E-state index is 0.129. The van der Waals surface area contributed by atoms with E-state index in [-0.39, 0.29) is 23.9 Å². The first-order valence-corrected chi connectivity index (χ1v) is 6.04. The van der Waals surface area contributed by atoms with Gasteiger partial charge in [0, 0.05) is 32.4 Å². The third-order valence-corrected chi connectivity index (χ3v) is 2.29. The molecule has 21 heavy (non-hydrogen) atoms. The quantitative estimate of drug-likeness (QED) is 0.602. The third-order valence-electron chi connectivity index (χ3n) is 2.29. The largest absolute Gasteiger partial charge is 0.493 e. The molecule has 0 N–H and O–H groups in total. The highest BCUT2D eigenvalue weighted by molar-refractivity contribution is 5.73. The van der Waals surface area contributed by atoms with E-state index >= 15 is 0 Å². The summed E-state index contributed by atoms with van der Waals surface area (Å²) >= 11 is 0. The summed E-state index contributed by atoms with van der Waals surface area (Å²) < 4.78 is 20.0. The van der Waals surface area contributed by atoms with Crippen molar-refractivity contribution in [2.45, 2.75) is 27.4 Å². The molecule has 0 atom stereocenters. The topological polar surface area (TPSA) is 88.1 Å². The number of ether oxygens (including phenoxy) is 4. The molecule has 1 aromatic carbocycles. The molecule has 0 aliphatic heterocycles. The Bertz CT molecular complexity index is 563. The smallest absolute Gasteiger partial charge is 0.308 e. The minimum atomic E-state index is -0.540. The lowest BCUT2D eigenvalue weighted by atomic mass is 10.2. The lowest BCUT2D eigenvalue weighted by Gasteiger charge is -2.14. The number of methoxy groups -OCH3 is 1. The van der Waals surface area contributed by atoms with Crippen molar-refractivity contribution in [1.82, 2.24) is 0 Å². The van der Waals surface area contributed by atoms with Gasteiger partial charge in [0.15, 0.2) is 11.5 Å². The molecular formula is C14H16O7. The fraction of sp³-hybridized carbons (Fsp3) is 0.357. The molecule has 1 rings (SSSR count). The molecule has 7 heteroatoms. The van der Waals surface area contributed by atoms with E-state index in [2.05, 4.69) is 0 Å². The van der Waals surface area contributed by atoms with Crippen LogP contribution < -0.4 is 14.2 Å². The summed E-state index contributed by atoms with van der Waals surface area (Å²) in [6, 6.07) is 2.81. The van der Waals surface area contributed by atoms with Crippen LogP contribution in [0.15, 0.2) is 12.1 Å². The van der Waals surface area contributed by atoms with Crippen LogP contribution in [-0.2, 0) is 25.7 Å². The van der Waals surface area contributed by atoms with E-state index in [9.17, 15) is 14.4 Å². The van der Waals surface area contributed by atoms with Gasteiger partial charge in [-0.05, 0) is 6.07 Å². The van der Waals surface area contributed by atoms with Crippen molar-refractivity contribution in [2.24, 2.45) is 0 Å². The van der Waals surface area contributed by atoms with Gasteiger partial charge in [-0.1, -0.05) is 0 Å². The predicted octanol–water partition coefficient (Wildman–Crippen LogP) is 1.61. The molecule has 0 aliphatic rings. The van der Waals surface area contributed by atoms with Crippen molar-refractivity contribution in [2.75, 3.05) is 7.11 Å². The molecule has 0 unspecified atom stereocenters. The summed E-state index contributed by atoms with van der Waals surface area (Å²) in [5.74, 6) is -1.05. The highest BCUT2D eigenvalue weighted by Crippen LogP contribution is 2.35. The number of hydrogen-bond donors (Lipinski definition) is 0. The van der Waals surface area contributed by atoms with E-state index in [0.717, 1.165) is 0 Å². The number of benzene rings is 1. The normalized spacial score (nSPS) is 9.71. The number of carbonyl (C=O) groups is 3. The van der Waals surface area contributed by atoms with Crippen molar-refractivity contribution in [1.29, 1.82) is 0 Å². The molecule has 0 fully saturated rings. The van der Waals surface area contributed by atoms with Crippen LogP contribution in [0.25, 0.3) is 0 Å². The average molecular weight is 296 g/mol. The number of rotatable bonds is 5. The highest BCUT2D eigenvalue weighted by Gasteiger charge is 2.16. The molecule has 0 saturated heterocycles. The average Bonchev–Trinajstić information content (AvgIpc) is 2.36. The van der Waals surface area contributed by atoms with E-state index in [1.165, 1.54) is 40.0 Å². The molecule has 0 aliphatic carbocycles. The number of esters is 3. The summed E-state index contributed by atoms with van der Waals surface area (Å²) in [6.45, 7) is 3.60. The molecule has 0 amide bonds. The van der Waals surface area contributed by atoms with Crippen LogP contribution in [-0.4, -0.2) is 25.0 Å². The summed E-state index contributed by atoms with van der Waals surface area (Å²) in [4.78, 5) is 33.1. The predicted molar refractivity (Wildman–Crippen MR) is 71.1 cm³/mol. The van der Waals surface area contributed by atoms with Crippen molar-refractivity contribution in [3.63, 3.8) is 0 Å². The van der Waals surface area contributed by atoms with Crippen molar-refractivity contribution in [3.8, 4) is 17.2 Å². The zero-order valence-electron chi connectivity index (χ0n) is 12.2. The van der Waals surface area contributed by atoms with Gasteiger partial charge >= 0.3 is 17.9 Å². The summed E-state index contributed by atoms with van der Waals surface area (Å²) in [6.07, 6.45) is 0. The Morgan fingerprint density at radius 3 is 1.90 bits per heavy atom. The van der Waals surface area contributed by atoms with Crippen LogP contribution >= 0.6 is 0 Å². The Balaban J connectivity index is 3.22. The molecular weight excluding hydrogens is 280 g/mol. The second-order valence-electron chi connectivity index (χ2n) is 4.08. The zero-order valence-corrected chi connectivity index (χ0v) is 12.2. The van der Waals surface area contributed by atoms with Gasteiger partial charge in [-0.3, -0.25) is 14.4 Å². The SMILES string of the molecule is COc1cc(OC(C)=O)c(COC(C)=O)cc1OC(C)=O. The van der Waals surface area contributed by atoms with Crippen molar-refractivity contribution < 1.29 is 33.3 Å². The monoisotopic (exact) mass is 296 g/mol. The van der Waals surface area contributed by atoms with Crippen LogP contribution in [0.5, 0.6) is 17.2 Å². The molecule has 114 valence electrons. The first kappa shape index (κ1) is 16.5. The summed E-state index contributed by atoms with van der Waals surface area (Å²) in [7, 11) is 1.38. The molecule has 0 saturated carbocycles. The standard InChI is InChI=1S/C14H16O7/c1-8(15)19-7-11-5-14(21-10(3)17)13(18-4)6-12(11)20-9(2)16/h5-6H,7H2,1-4H3. The molecule has 7 nitrogen and oxygen atoms in total. The molecule has 0 heterocycles. The highest BCUT2D eigenvalue weighted by atomic mass is 16.6. The number of hydrogen-bond acceptors (Lipinski definition) is 7. The van der Waals surface area contributed by atoms with Crippen LogP contribution in [0.3, 0.4) is 0 Å². The second-order valence-corrected chi connectivity index (χ2v) is 4.08.